The van der Waals surface area contributed by atoms with E-state index >= 15 is 0 Å². The predicted octanol–water partition coefficient (Wildman–Crippen LogP) is 2.92. The zero-order valence-corrected chi connectivity index (χ0v) is 16.9. The molecular formula is C21H25NO5S. The van der Waals surface area contributed by atoms with Crippen molar-refractivity contribution in [2.45, 2.75) is 25.9 Å². The Morgan fingerprint density at radius 2 is 1.86 bits per heavy atom. The first-order chi connectivity index (χ1) is 13.4. The Hall–Kier alpha value is -2.54. The molecule has 0 saturated carbocycles. The van der Waals surface area contributed by atoms with Crippen molar-refractivity contribution < 1.29 is 22.7 Å². The summed E-state index contributed by atoms with van der Waals surface area (Å²) in [4.78, 5) is 15.0. The van der Waals surface area contributed by atoms with Crippen LogP contribution in [-0.4, -0.2) is 50.5 Å². The highest BCUT2D eigenvalue weighted by molar-refractivity contribution is 7.91. The number of hydrogen-bond donors (Lipinski definition) is 0. The first kappa shape index (κ1) is 20.2. The van der Waals surface area contributed by atoms with E-state index in [1.165, 1.54) is 7.11 Å². The normalized spacial score (nSPS) is 17.9. The molecule has 1 atom stereocenters. The number of carbonyl (C=O) groups excluding carboxylic acids is 1. The number of nitrogens with zero attached hydrogens (tertiary/aromatic N) is 1. The summed E-state index contributed by atoms with van der Waals surface area (Å²) in [5.41, 5.74) is 1.34. The van der Waals surface area contributed by atoms with Crippen LogP contribution < -0.4 is 9.47 Å². The minimum atomic E-state index is -3.12. The van der Waals surface area contributed by atoms with E-state index in [1.807, 2.05) is 31.2 Å². The highest BCUT2D eigenvalue weighted by Crippen LogP contribution is 2.26. The third-order valence-electron chi connectivity index (χ3n) is 4.83. The van der Waals surface area contributed by atoms with Crippen molar-refractivity contribution in [3.63, 3.8) is 0 Å². The summed E-state index contributed by atoms with van der Waals surface area (Å²) in [6.07, 6.45) is 0.445. The van der Waals surface area contributed by atoms with E-state index in [0.29, 0.717) is 30.9 Å². The van der Waals surface area contributed by atoms with Gasteiger partial charge in [0.15, 0.2) is 9.84 Å². The minimum Gasteiger partial charge on any atom is -0.496 e. The molecule has 2 aromatic rings. The average molecular weight is 404 g/mol. The quantitative estimate of drug-likeness (QED) is 0.711. The van der Waals surface area contributed by atoms with Crippen LogP contribution in [0.25, 0.3) is 0 Å². The second-order valence-electron chi connectivity index (χ2n) is 6.77. The monoisotopic (exact) mass is 403 g/mol. The van der Waals surface area contributed by atoms with Gasteiger partial charge in [-0.1, -0.05) is 24.3 Å². The Morgan fingerprint density at radius 3 is 2.46 bits per heavy atom. The van der Waals surface area contributed by atoms with E-state index in [4.69, 9.17) is 9.47 Å². The van der Waals surface area contributed by atoms with Crippen LogP contribution in [0.2, 0.25) is 0 Å². The molecule has 28 heavy (non-hydrogen) atoms. The summed E-state index contributed by atoms with van der Waals surface area (Å²) in [6, 6.07) is 14.2. The summed E-state index contributed by atoms with van der Waals surface area (Å²) >= 11 is 0. The van der Waals surface area contributed by atoms with E-state index < -0.39 is 9.84 Å². The Bertz CT molecular complexity index is 924. The van der Waals surface area contributed by atoms with Crippen molar-refractivity contribution in [2.75, 3.05) is 25.2 Å². The van der Waals surface area contributed by atoms with Crippen molar-refractivity contribution in [3.05, 3.63) is 59.7 Å². The molecule has 1 fully saturated rings. The van der Waals surface area contributed by atoms with Crippen molar-refractivity contribution in [2.24, 2.45) is 0 Å². The number of rotatable bonds is 7. The minimum absolute atomic E-state index is 0.00901. The Morgan fingerprint density at radius 1 is 1.14 bits per heavy atom. The maximum atomic E-state index is 13.3. The van der Waals surface area contributed by atoms with Crippen LogP contribution >= 0.6 is 0 Å². The van der Waals surface area contributed by atoms with Gasteiger partial charge in [0.05, 0.1) is 30.8 Å². The Labute approximate surface area is 166 Å². The van der Waals surface area contributed by atoms with Crippen molar-refractivity contribution in [1.29, 1.82) is 0 Å². The number of para-hydroxylation sites is 1. The van der Waals surface area contributed by atoms with Gasteiger partial charge in [0.1, 0.15) is 11.5 Å². The smallest absolute Gasteiger partial charge is 0.258 e. The molecule has 150 valence electrons. The molecule has 7 heteroatoms. The lowest BCUT2D eigenvalue weighted by molar-refractivity contribution is 0.0677. The molecule has 1 amide bonds. The summed E-state index contributed by atoms with van der Waals surface area (Å²) in [6.45, 7) is 2.82. The maximum absolute atomic E-state index is 13.3. The van der Waals surface area contributed by atoms with Gasteiger partial charge in [0.2, 0.25) is 0 Å². The first-order valence-electron chi connectivity index (χ1n) is 9.29. The van der Waals surface area contributed by atoms with Crippen molar-refractivity contribution in [1.82, 2.24) is 4.90 Å². The molecule has 1 heterocycles. The summed E-state index contributed by atoms with van der Waals surface area (Å²) in [5.74, 6) is 1.11. The molecule has 0 aliphatic carbocycles. The standard InChI is InChI=1S/C21H25NO5S/c1-3-27-18-10-8-16(9-11-18)14-22(17-12-13-28(24,25)15-17)21(23)19-6-4-5-7-20(19)26-2/h4-11,17H,3,12-15H2,1-2H3/t17-/m0/s1. The summed E-state index contributed by atoms with van der Waals surface area (Å²) < 4.78 is 34.8. The third kappa shape index (κ3) is 4.65. The van der Waals surface area contributed by atoms with E-state index in [9.17, 15) is 13.2 Å². The molecule has 6 nitrogen and oxygen atoms in total. The van der Waals surface area contributed by atoms with Crippen LogP contribution in [0.15, 0.2) is 48.5 Å². The molecular weight excluding hydrogens is 378 g/mol. The molecule has 0 unspecified atom stereocenters. The molecule has 3 rings (SSSR count). The number of amides is 1. The predicted molar refractivity (Wildman–Crippen MR) is 108 cm³/mol. The van der Waals surface area contributed by atoms with E-state index in [-0.39, 0.29) is 23.5 Å². The fraction of sp³-hybridized carbons (Fsp3) is 0.381. The molecule has 0 aromatic heterocycles. The lowest BCUT2D eigenvalue weighted by atomic mass is 10.1. The maximum Gasteiger partial charge on any atom is 0.258 e. The highest BCUT2D eigenvalue weighted by Gasteiger charge is 2.35. The topological polar surface area (TPSA) is 72.9 Å². The van der Waals surface area contributed by atoms with Crippen LogP contribution in [-0.2, 0) is 16.4 Å². The fourth-order valence-electron chi connectivity index (χ4n) is 3.42. The van der Waals surface area contributed by atoms with Crippen molar-refractivity contribution >= 4 is 15.7 Å². The van der Waals surface area contributed by atoms with Gasteiger partial charge in [0, 0.05) is 12.6 Å². The number of carbonyl (C=O) groups is 1. The van der Waals surface area contributed by atoms with Crippen LogP contribution in [0.1, 0.15) is 29.3 Å². The first-order valence-corrected chi connectivity index (χ1v) is 11.1. The van der Waals surface area contributed by atoms with Gasteiger partial charge in [-0.3, -0.25) is 4.79 Å². The number of benzene rings is 2. The summed E-state index contributed by atoms with van der Waals surface area (Å²) in [7, 11) is -1.61. The zero-order valence-electron chi connectivity index (χ0n) is 16.1. The largest absolute Gasteiger partial charge is 0.496 e. The molecule has 2 aromatic carbocycles. The lowest BCUT2D eigenvalue weighted by Crippen LogP contribution is -2.40. The van der Waals surface area contributed by atoms with Crippen LogP contribution in [0.4, 0.5) is 0 Å². The van der Waals surface area contributed by atoms with Gasteiger partial charge < -0.3 is 14.4 Å². The van der Waals surface area contributed by atoms with Crippen molar-refractivity contribution in [3.8, 4) is 11.5 Å². The van der Waals surface area contributed by atoms with Crippen LogP contribution in [0.5, 0.6) is 11.5 Å². The molecule has 1 aliphatic rings. The van der Waals surface area contributed by atoms with Gasteiger partial charge in [-0.15, -0.1) is 0 Å². The molecule has 1 saturated heterocycles. The molecule has 0 bridgehead atoms. The summed E-state index contributed by atoms with van der Waals surface area (Å²) in [5, 5.41) is 0. The third-order valence-corrected chi connectivity index (χ3v) is 6.59. The molecule has 0 spiro atoms. The van der Waals surface area contributed by atoms with Gasteiger partial charge in [-0.2, -0.15) is 0 Å². The number of ether oxygens (including phenoxy) is 2. The Kier molecular flexibility index (Phi) is 6.24. The zero-order chi connectivity index (χ0) is 20.1. The van der Waals surface area contributed by atoms with Gasteiger partial charge in [-0.05, 0) is 43.2 Å². The average Bonchev–Trinajstić information content (AvgIpc) is 3.06. The highest BCUT2D eigenvalue weighted by atomic mass is 32.2. The second kappa shape index (κ2) is 8.65. The van der Waals surface area contributed by atoms with Gasteiger partial charge in [0.25, 0.3) is 5.91 Å². The van der Waals surface area contributed by atoms with E-state index in [1.54, 1.807) is 29.2 Å². The van der Waals surface area contributed by atoms with Crippen LogP contribution in [0, 0.1) is 0 Å². The second-order valence-corrected chi connectivity index (χ2v) is 9.00. The SMILES string of the molecule is CCOc1ccc(CN(C(=O)c2ccccc2OC)[C@H]2CCS(=O)(=O)C2)cc1. The molecule has 0 N–H and O–H groups in total. The molecule has 1 aliphatic heterocycles. The van der Waals surface area contributed by atoms with Crippen LogP contribution in [0.3, 0.4) is 0 Å². The van der Waals surface area contributed by atoms with E-state index in [0.717, 1.165) is 11.3 Å². The molecule has 0 radical (unpaired) electrons. The number of methoxy groups -OCH3 is 1. The van der Waals surface area contributed by atoms with Gasteiger partial charge in [-0.25, -0.2) is 8.42 Å². The van der Waals surface area contributed by atoms with Gasteiger partial charge >= 0.3 is 0 Å². The lowest BCUT2D eigenvalue weighted by Gasteiger charge is -2.29. The number of hydrogen-bond acceptors (Lipinski definition) is 5. The Balaban J connectivity index is 1.90. The van der Waals surface area contributed by atoms with E-state index in [2.05, 4.69) is 0 Å². The number of sulfone groups is 1. The fourth-order valence-corrected chi connectivity index (χ4v) is 5.15.